The summed E-state index contributed by atoms with van der Waals surface area (Å²) in [5, 5.41) is 0. The molecule has 3 aromatic rings. The zero-order valence-corrected chi connectivity index (χ0v) is 14.0. The molecule has 120 valence electrons. The van der Waals surface area contributed by atoms with Crippen molar-refractivity contribution in [1.82, 2.24) is 19.9 Å². The predicted octanol–water partition coefficient (Wildman–Crippen LogP) is 2.99. The number of carbonyl (C=O) groups is 1. The molecule has 0 atom stereocenters. The first-order chi connectivity index (χ1) is 11.6. The van der Waals surface area contributed by atoms with Gasteiger partial charge < -0.3 is 10.6 Å². The summed E-state index contributed by atoms with van der Waals surface area (Å²) in [4.78, 5) is 27.8. The molecule has 6 nitrogen and oxygen atoms in total. The molecule has 0 saturated carbocycles. The molecule has 4 heterocycles. The topological polar surface area (TPSA) is 85.0 Å². The Morgan fingerprint density at radius 3 is 2.83 bits per heavy atom. The average Bonchev–Trinajstić information content (AvgIpc) is 3.20. The first-order valence-electron chi connectivity index (χ1n) is 7.22. The number of amides is 1. The van der Waals surface area contributed by atoms with Gasteiger partial charge >= 0.3 is 0 Å². The van der Waals surface area contributed by atoms with E-state index in [2.05, 4.69) is 15.0 Å². The number of thiophene rings is 1. The Morgan fingerprint density at radius 1 is 1.25 bits per heavy atom. The molecule has 0 aromatic carbocycles. The van der Waals surface area contributed by atoms with Crippen LogP contribution in [0.25, 0.3) is 11.3 Å². The van der Waals surface area contributed by atoms with E-state index in [0.29, 0.717) is 22.3 Å². The molecule has 4 rings (SSSR count). The largest absolute Gasteiger partial charge is 0.368 e. The molecule has 1 aliphatic rings. The minimum atomic E-state index is -0.0689. The maximum Gasteiger partial charge on any atom is 0.264 e. The highest BCUT2D eigenvalue weighted by Gasteiger charge is 2.29. The number of rotatable bonds is 2. The van der Waals surface area contributed by atoms with Crippen molar-refractivity contribution in [2.45, 2.75) is 13.1 Å². The molecule has 0 unspecified atom stereocenters. The molecule has 24 heavy (non-hydrogen) atoms. The lowest BCUT2D eigenvalue weighted by Crippen LogP contribution is -2.24. The second kappa shape index (κ2) is 5.85. The van der Waals surface area contributed by atoms with Gasteiger partial charge in [-0.25, -0.2) is 9.97 Å². The van der Waals surface area contributed by atoms with Gasteiger partial charge in [0.1, 0.15) is 0 Å². The van der Waals surface area contributed by atoms with E-state index < -0.39 is 0 Å². The van der Waals surface area contributed by atoms with E-state index >= 15 is 0 Å². The van der Waals surface area contributed by atoms with Crippen LogP contribution in [0.15, 0.2) is 36.7 Å². The Labute approximate surface area is 146 Å². The van der Waals surface area contributed by atoms with Gasteiger partial charge in [0.15, 0.2) is 0 Å². The number of fused-ring (bicyclic) bond motifs is 1. The minimum Gasteiger partial charge on any atom is -0.368 e. The third-order valence-corrected chi connectivity index (χ3v) is 5.02. The first-order valence-corrected chi connectivity index (χ1v) is 8.41. The number of anilines is 1. The Hall–Kier alpha value is -2.51. The number of aromatic nitrogens is 3. The summed E-state index contributed by atoms with van der Waals surface area (Å²) in [6, 6.07) is 7.21. The van der Waals surface area contributed by atoms with Gasteiger partial charge in [0.2, 0.25) is 5.95 Å². The fraction of sp³-hybridized carbons (Fsp3) is 0.125. The van der Waals surface area contributed by atoms with Gasteiger partial charge in [0, 0.05) is 23.5 Å². The lowest BCUT2D eigenvalue weighted by atomic mass is 10.1. The number of nitrogen functional groups attached to an aromatic ring is 1. The molecule has 1 aliphatic heterocycles. The quantitative estimate of drug-likeness (QED) is 0.762. The van der Waals surface area contributed by atoms with E-state index in [1.165, 1.54) is 11.3 Å². The molecule has 0 saturated heterocycles. The van der Waals surface area contributed by atoms with Crippen molar-refractivity contribution in [2.75, 3.05) is 5.73 Å². The molecule has 8 heteroatoms. The predicted molar refractivity (Wildman–Crippen MR) is 92.6 cm³/mol. The van der Waals surface area contributed by atoms with Crippen LogP contribution in [-0.4, -0.2) is 25.8 Å². The summed E-state index contributed by atoms with van der Waals surface area (Å²) in [5.41, 5.74) is 9.11. The summed E-state index contributed by atoms with van der Waals surface area (Å²) < 4.78 is 0.593. The Kier molecular flexibility index (Phi) is 3.66. The molecular formula is C16H12ClN5OS. The minimum absolute atomic E-state index is 0.0689. The summed E-state index contributed by atoms with van der Waals surface area (Å²) in [7, 11) is 0. The maximum atomic E-state index is 12.6. The van der Waals surface area contributed by atoms with Gasteiger partial charge in [-0.1, -0.05) is 11.6 Å². The molecule has 2 N–H and O–H groups in total. The van der Waals surface area contributed by atoms with Crippen LogP contribution in [0.1, 0.15) is 20.9 Å². The summed E-state index contributed by atoms with van der Waals surface area (Å²) in [5.74, 6) is 0.127. The Bertz CT molecular complexity index is 927. The van der Waals surface area contributed by atoms with Crippen LogP contribution in [0.4, 0.5) is 5.95 Å². The van der Waals surface area contributed by atoms with E-state index in [1.807, 2.05) is 12.1 Å². The number of pyridine rings is 1. The first kappa shape index (κ1) is 15.0. The summed E-state index contributed by atoms with van der Waals surface area (Å²) in [6.07, 6.45) is 3.43. The maximum absolute atomic E-state index is 12.6. The zero-order valence-electron chi connectivity index (χ0n) is 12.4. The monoisotopic (exact) mass is 357 g/mol. The highest BCUT2D eigenvalue weighted by atomic mass is 35.5. The molecule has 0 radical (unpaired) electrons. The number of nitrogens with zero attached hydrogens (tertiary/aromatic N) is 4. The normalized spacial score (nSPS) is 13.1. The van der Waals surface area contributed by atoms with Gasteiger partial charge in [-0.15, -0.1) is 11.3 Å². The number of carbonyl (C=O) groups excluding carboxylic acids is 1. The molecule has 3 aromatic heterocycles. The van der Waals surface area contributed by atoms with Crippen LogP contribution in [0.3, 0.4) is 0 Å². The van der Waals surface area contributed by atoms with Crippen LogP contribution in [-0.2, 0) is 13.1 Å². The van der Waals surface area contributed by atoms with Crippen LogP contribution in [0.5, 0.6) is 0 Å². The molecule has 0 bridgehead atoms. The van der Waals surface area contributed by atoms with Gasteiger partial charge in [-0.05, 0) is 24.3 Å². The van der Waals surface area contributed by atoms with Crippen LogP contribution in [0, 0.1) is 0 Å². The van der Waals surface area contributed by atoms with Gasteiger partial charge in [0.05, 0.1) is 33.7 Å². The lowest BCUT2D eigenvalue weighted by molar-refractivity contribution is 0.0755. The number of hydrogen-bond acceptors (Lipinski definition) is 6. The molecule has 0 aliphatic carbocycles. The number of nitrogens with two attached hydrogens (primary N) is 1. The van der Waals surface area contributed by atoms with Crippen molar-refractivity contribution in [1.29, 1.82) is 0 Å². The van der Waals surface area contributed by atoms with Crippen LogP contribution >= 0.6 is 22.9 Å². The van der Waals surface area contributed by atoms with Crippen molar-refractivity contribution < 1.29 is 4.79 Å². The highest BCUT2D eigenvalue weighted by Crippen LogP contribution is 2.32. The Balaban J connectivity index is 1.70. The SMILES string of the molecule is Nc1nc2c(c(-c3cccnc3)n1)CN(C(=O)c1ccc(Cl)s1)C2. The van der Waals surface area contributed by atoms with Gasteiger partial charge in [0.25, 0.3) is 5.91 Å². The summed E-state index contributed by atoms with van der Waals surface area (Å²) in [6.45, 7) is 0.845. The van der Waals surface area contributed by atoms with Gasteiger partial charge in [-0.3, -0.25) is 9.78 Å². The van der Waals surface area contributed by atoms with Crippen molar-refractivity contribution in [2.24, 2.45) is 0 Å². The smallest absolute Gasteiger partial charge is 0.264 e. The third-order valence-electron chi connectivity index (χ3n) is 3.81. The van der Waals surface area contributed by atoms with E-state index in [0.717, 1.165) is 22.5 Å². The third kappa shape index (κ3) is 2.61. The molecule has 1 amide bonds. The fourth-order valence-corrected chi connectivity index (χ4v) is 3.76. The zero-order chi connectivity index (χ0) is 16.7. The van der Waals surface area contributed by atoms with Crippen molar-refractivity contribution >= 4 is 34.8 Å². The number of hydrogen-bond donors (Lipinski definition) is 1. The molecule has 0 fully saturated rings. The number of halogens is 1. The fourth-order valence-electron chi connectivity index (χ4n) is 2.74. The summed E-state index contributed by atoms with van der Waals surface area (Å²) >= 11 is 7.20. The van der Waals surface area contributed by atoms with Crippen molar-refractivity contribution in [3.05, 3.63) is 57.1 Å². The van der Waals surface area contributed by atoms with E-state index in [1.54, 1.807) is 29.4 Å². The van der Waals surface area contributed by atoms with E-state index in [4.69, 9.17) is 17.3 Å². The highest BCUT2D eigenvalue weighted by molar-refractivity contribution is 7.17. The molecule has 0 spiro atoms. The molecular weight excluding hydrogens is 346 g/mol. The van der Waals surface area contributed by atoms with E-state index in [9.17, 15) is 4.79 Å². The average molecular weight is 358 g/mol. The van der Waals surface area contributed by atoms with Crippen LogP contribution in [0.2, 0.25) is 4.34 Å². The lowest BCUT2D eigenvalue weighted by Gasteiger charge is -2.13. The Morgan fingerprint density at radius 2 is 2.12 bits per heavy atom. The van der Waals surface area contributed by atoms with Crippen molar-refractivity contribution in [3.8, 4) is 11.3 Å². The standard InChI is InChI=1S/C16H12ClN5OS/c17-13-4-3-12(24-13)15(23)22-7-10-11(8-22)20-16(18)21-14(10)9-2-1-5-19-6-9/h1-6H,7-8H2,(H2,18,20,21). The van der Waals surface area contributed by atoms with Crippen molar-refractivity contribution in [3.63, 3.8) is 0 Å². The second-order valence-corrected chi connectivity index (χ2v) is 7.08. The van der Waals surface area contributed by atoms with Gasteiger partial charge in [-0.2, -0.15) is 0 Å². The second-order valence-electron chi connectivity index (χ2n) is 5.36. The van der Waals surface area contributed by atoms with E-state index in [-0.39, 0.29) is 11.9 Å². The van der Waals surface area contributed by atoms with Crippen LogP contribution < -0.4 is 5.73 Å².